The first-order chi connectivity index (χ1) is 9.91. The van der Waals surface area contributed by atoms with Crippen LogP contribution in [-0.2, 0) is 12.8 Å². The van der Waals surface area contributed by atoms with Crippen molar-refractivity contribution in [1.29, 1.82) is 0 Å². The van der Waals surface area contributed by atoms with Gasteiger partial charge >= 0.3 is 6.18 Å². The number of benzene rings is 1. The fraction of sp³-hybridized carbons (Fsp3) is 0.154. The predicted octanol–water partition coefficient (Wildman–Crippen LogP) is 2.97. The number of hydrogen-bond acceptors (Lipinski definition) is 4. The Labute approximate surface area is 117 Å². The van der Waals surface area contributed by atoms with Gasteiger partial charge in [0.1, 0.15) is 18.1 Å². The maximum atomic E-state index is 12.7. The summed E-state index contributed by atoms with van der Waals surface area (Å²) >= 11 is 0. The van der Waals surface area contributed by atoms with Gasteiger partial charge in [-0.2, -0.15) is 13.2 Å². The molecule has 0 spiro atoms. The van der Waals surface area contributed by atoms with Crippen molar-refractivity contribution < 1.29 is 27.5 Å². The van der Waals surface area contributed by atoms with Crippen LogP contribution >= 0.6 is 0 Å². The van der Waals surface area contributed by atoms with Crippen molar-refractivity contribution in [2.75, 3.05) is 0 Å². The number of amidine groups is 1. The van der Waals surface area contributed by atoms with Crippen molar-refractivity contribution in [3.05, 3.63) is 53.5 Å². The summed E-state index contributed by atoms with van der Waals surface area (Å²) < 4.78 is 48.4. The highest BCUT2D eigenvalue weighted by Crippen LogP contribution is 2.32. The summed E-state index contributed by atoms with van der Waals surface area (Å²) in [5, 5.41) is 11.4. The minimum Gasteiger partial charge on any atom is -0.485 e. The van der Waals surface area contributed by atoms with Gasteiger partial charge in [0.2, 0.25) is 0 Å². The third-order valence-corrected chi connectivity index (χ3v) is 2.64. The summed E-state index contributed by atoms with van der Waals surface area (Å²) in [6.45, 7) is 0.00404. The fourth-order valence-electron chi connectivity index (χ4n) is 1.63. The van der Waals surface area contributed by atoms with Crippen LogP contribution < -0.4 is 10.5 Å². The minimum atomic E-state index is -4.54. The Kier molecular flexibility index (Phi) is 4.06. The number of hydrogen-bond donors (Lipinski definition) is 2. The van der Waals surface area contributed by atoms with Crippen molar-refractivity contribution >= 4 is 5.84 Å². The third kappa shape index (κ3) is 3.47. The molecule has 2 aromatic rings. The Morgan fingerprint density at radius 2 is 2.10 bits per heavy atom. The summed E-state index contributed by atoms with van der Waals surface area (Å²) in [4.78, 5) is 0. The van der Waals surface area contributed by atoms with Gasteiger partial charge in [-0.3, -0.25) is 0 Å². The van der Waals surface area contributed by atoms with E-state index in [0.29, 0.717) is 5.76 Å². The van der Waals surface area contributed by atoms with Crippen LogP contribution in [0.4, 0.5) is 13.2 Å². The minimum absolute atomic E-state index is 0.00404. The molecule has 0 atom stereocenters. The quantitative estimate of drug-likeness (QED) is 0.394. The second-order valence-electron chi connectivity index (χ2n) is 4.06. The molecular weight excluding hydrogens is 289 g/mol. The molecule has 0 saturated carbocycles. The van der Waals surface area contributed by atoms with Crippen molar-refractivity contribution in [2.45, 2.75) is 12.8 Å². The summed E-state index contributed by atoms with van der Waals surface area (Å²) in [6.07, 6.45) is -3.10. The van der Waals surface area contributed by atoms with Gasteiger partial charge in [0.15, 0.2) is 5.84 Å². The number of halogens is 3. The van der Waals surface area contributed by atoms with Crippen LogP contribution in [0.3, 0.4) is 0 Å². The van der Waals surface area contributed by atoms with Gasteiger partial charge in [0, 0.05) is 0 Å². The number of nitrogens with zero attached hydrogens (tertiary/aromatic N) is 1. The largest absolute Gasteiger partial charge is 0.485 e. The summed E-state index contributed by atoms with van der Waals surface area (Å²) in [6, 6.07) is 6.01. The normalized spacial score (nSPS) is 12.4. The van der Waals surface area contributed by atoms with Gasteiger partial charge in [-0.05, 0) is 30.3 Å². The van der Waals surface area contributed by atoms with Gasteiger partial charge < -0.3 is 20.1 Å². The van der Waals surface area contributed by atoms with E-state index in [-0.39, 0.29) is 17.9 Å². The molecular formula is C13H11F3N2O3. The van der Waals surface area contributed by atoms with Crippen LogP contribution in [0.15, 0.2) is 46.2 Å². The van der Waals surface area contributed by atoms with Gasteiger partial charge in [-0.1, -0.05) is 5.16 Å². The summed E-state index contributed by atoms with van der Waals surface area (Å²) in [7, 11) is 0. The molecule has 8 heteroatoms. The number of oxime groups is 1. The zero-order chi connectivity index (χ0) is 15.5. The second kappa shape index (κ2) is 5.78. The second-order valence-corrected chi connectivity index (χ2v) is 4.06. The topological polar surface area (TPSA) is 81.0 Å². The molecule has 0 aliphatic heterocycles. The Bertz CT molecular complexity index is 637. The lowest BCUT2D eigenvalue weighted by Crippen LogP contribution is -2.17. The molecule has 0 radical (unpaired) electrons. The van der Waals surface area contributed by atoms with Crippen LogP contribution in [-0.4, -0.2) is 11.0 Å². The van der Waals surface area contributed by atoms with Crippen LogP contribution in [0.2, 0.25) is 0 Å². The maximum absolute atomic E-state index is 12.7. The molecule has 0 unspecified atom stereocenters. The monoisotopic (exact) mass is 300 g/mol. The standard InChI is InChI=1S/C13H11F3N2O3/c14-13(15,16)8-3-4-11(10(6-8)12(17)18-19)21-7-9-2-1-5-20-9/h1-6,19H,7H2,(H2,17,18). The fourth-order valence-corrected chi connectivity index (χ4v) is 1.63. The van der Waals surface area contributed by atoms with Gasteiger partial charge in [0.05, 0.1) is 17.4 Å². The van der Waals surface area contributed by atoms with E-state index in [2.05, 4.69) is 5.16 Å². The van der Waals surface area contributed by atoms with Crippen LogP contribution in [0.1, 0.15) is 16.9 Å². The lowest BCUT2D eigenvalue weighted by Gasteiger charge is -2.13. The smallest absolute Gasteiger partial charge is 0.416 e. The van der Waals surface area contributed by atoms with E-state index in [1.54, 1.807) is 12.1 Å². The van der Waals surface area contributed by atoms with E-state index in [0.717, 1.165) is 18.2 Å². The Morgan fingerprint density at radius 3 is 2.67 bits per heavy atom. The van der Waals surface area contributed by atoms with Crippen molar-refractivity contribution in [1.82, 2.24) is 0 Å². The van der Waals surface area contributed by atoms with E-state index in [4.69, 9.17) is 20.1 Å². The SMILES string of the molecule is N/C(=N\O)c1cc(C(F)(F)F)ccc1OCc1ccco1. The molecule has 0 fully saturated rings. The molecule has 2 rings (SSSR count). The highest BCUT2D eigenvalue weighted by atomic mass is 19.4. The number of nitrogens with two attached hydrogens (primary N) is 1. The Morgan fingerprint density at radius 1 is 1.33 bits per heavy atom. The summed E-state index contributed by atoms with van der Waals surface area (Å²) in [5.41, 5.74) is 4.31. The molecule has 21 heavy (non-hydrogen) atoms. The maximum Gasteiger partial charge on any atom is 0.416 e. The van der Waals surface area contributed by atoms with Crippen LogP contribution in [0.5, 0.6) is 5.75 Å². The van der Waals surface area contributed by atoms with Crippen molar-refractivity contribution in [3.8, 4) is 5.75 Å². The molecule has 0 saturated heterocycles. The van der Waals surface area contributed by atoms with Crippen molar-refractivity contribution in [2.24, 2.45) is 10.9 Å². The van der Waals surface area contributed by atoms with Crippen molar-refractivity contribution in [3.63, 3.8) is 0 Å². The predicted molar refractivity (Wildman–Crippen MR) is 67.0 cm³/mol. The van der Waals surface area contributed by atoms with E-state index in [1.165, 1.54) is 6.26 Å². The molecule has 1 aromatic heterocycles. The first-order valence-electron chi connectivity index (χ1n) is 5.76. The lowest BCUT2D eigenvalue weighted by molar-refractivity contribution is -0.137. The highest BCUT2D eigenvalue weighted by molar-refractivity contribution is 5.99. The average Bonchev–Trinajstić information content (AvgIpc) is 2.96. The lowest BCUT2D eigenvalue weighted by atomic mass is 10.1. The van der Waals surface area contributed by atoms with E-state index < -0.39 is 17.6 Å². The first kappa shape index (κ1) is 14.8. The number of alkyl halides is 3. The molecule has 0 aliphatic rings. The molecule has 5 nitrogen and oxygen atoms in total. The molecule has 0 aliphatic carbocycles. The van der Waals surface area contributed by atoms with Gasteiger partial charge in [-0.25, -0.2) is 0 Å². The zero-order valence-corrected chi connectivity index (χ0v) is 10.6. The van der Waals surface area contributed by atoms with Gasteiger partial charge in [0.25, 0.3) is 0 Å². The Hall–Kier alpha value is -2.64. The molecule has 112 valence electrons. The molecule has 0 bridgehead atoms. The molecule has 1 aromatic carbocycles. The van der Waals surface area contributed by atoms with Crippen LogP contribution in [0, 0.1) is 0 Å². The number of rotatable bonds is 4. The molecule has 0 amide bonds. The summed E-state index contributed by atoms with van der Waals surface area (Å²) in [5.74, 6) is 0.0607. The highest BCUT2D eigenvalue weighted by Gasteiger charge is 2.31. The van der Waals surface area contributed by atoms with E-state index >= 15 is 0 Å². The average molecular weight is 300 g/mol. The third-order valence-electron chi connectivity index (χ3n) is 2.64. The molecule has 3 N–H and O–H groups in total. The van der Waals surface area contributed by atoms with Crippen LogP contribution in [0.25, 0.3) is 0 Å². The number of furan rings is 1. The number of ether oxygens (including phenoxy) is 1. The zero-order valence-electron chi connectivity index (χ0n) is 10.6. The first-order valence-corrected chi connectivity index (χ1v) is 5.76. The Balaban J connectivity index is 2.31. The van der Waals surface area contributed by atoms with E-state index in [1.807, 2.05) is 0 Å². The van der Waals surface area contributed by atoms with Gasteiger partial charge in [-0.15, -0.1) is 0 Å². The molecule has 1 heterocycles. The van der Waals surface area contributed by atoms with E-state index in [9.17, 15) is 13.2 Å².